The molecule has 106 valence electrons. The maximum absolute atomic E-state index is 4.63. The number of pyridine rings is 1. The summed E-state index contributed by atoms with van der Waals surface area (Å²) in [6.45, 7) is 7.58. The standard InChI is InChI=1S/C18H24N2/c1-13-8-5-6-10-16(13)15(3)17(12-19-4)18-14(2)9-7-11-20-18/h5-11,15,17,19H,12H2,1-4H3/t15-,17?/m1/s1. The first-order valence-corrected chi connectivity index (χ1v) is 7.26. The van der Waals surface area contributed by atoms with Crippen LogP contribution >= 0.6 is 0 Å². The Bertz CT molecular complexity index is 563. The summed E-state index contributed by atoms with van der Waals surface area (Å²) in [5.41, 5.74) is 5.25. The van der Waals surface area contributed by atoms with Gasteiger partial charge in [-0.25, -0.2) is 0 Å². The van der Waals surface area contributed by atoms with Crippen LogP contribution in [0.15, 0.2) is 42.6 Å². The Balaban J connectivity index is 2.39. The fourth-order valence-electron chi connectivity index (χ4n) is 2.93. The molecular weight excluding hydrogens is 244 g/mol. The van der Waals surface area contributed by atoms with Crippen molar-refractivity contribution in [1.29, 1.82) is 0 Å². The van der Waals surface area contributed by atoms with Crippen molar-refractivity contribution < 1.29 is 0 Å². The van der Waals surface area contributed by atoms with Crippen molar-refractivity contribution in [3.63, 3.8) is 0 Å². The second kappa shape index (κ2) is 6.67. The topological polar surface area (TPSA) is 24.9 Å². The van der Waals surface area contributed by atoms with Crippen LogP contribution in [-0.2, 0) is 0 Å². The number of aromatic nitrogens is 1. The van der Waals surface area contributed by atoms with Gasteiger partial charge in [0.05, 0.1) is 0 Å². The molecular formula is C18H24N2. The fraction of sp³-hybridized carbons (Fsp3) is 0.389. The largest absolute Gasteiger partial charge is 0.319 e. The minimum absolute atomic E-state index is 0.391. The molecule has 0 bridgehead atoms. The summed E-state index contributed by atoms with van der Waals surface area (Å²) < 4.78 is 0. The van der Waals surface area contributed by atoms with Gasteiger partial charge in [0.15, 0.2) is 0 Å². The second-order valence-corrected chi connectivity index (χ2v) is 5.51. The lowest BCUT2D eigenvalue weighted by Gasteiger charge is -2.26. The highest BCUT2D eigenvalue weighted by molar-refractivity contribution is 5.33. The van der Waals surface area contributed by atoms with Crippen molar-refractivity contribution >= 4 is 0 Å². The molecule has 2 nitrogen and oxygen atoms in total. The summed E-state index contributed by atoms with van der Waals surface area (Å²) in [7, 11) is 2.01. The summed E-state index contributed by atoms with van der Waals surface area (Å²) >= 11 is 0. The predicted octanol–water partition coefficient (Wildman–Crippen LogP) is 3.81. The number of nitrogens with one attached hydrogen (secondary N) is 1. The number of likely N-dealkylation sites (N-methyl/N-ethyl adjacent to an activating group) is 1. The van der Waals surface area contributed by atoms with Crippen LogP contribution in [0.3, 0.4) is 0 Å². The molecule has 0 aliphatic carbocycles. The lowest BCUT2D eigenvalue weighted by molar-refractivity contribution is 0.528. The van der Waals surface area contributed by atoms with E-state index < -0.39 is 0 Å². The molecule has 0 saturated carbocycles. The van der Waals surface area contributed by atoms with Gasteiger partial charge in [0.1, 0.15) is 0 Å². The highest BCUT2D eigenvalue weighted by atomic mass is 14.8. The number of hydrogen-bond donors (Lipinski definition) is 1. The molecule has 0 saturated heterocycles. The summed E-state index contributed by atoms with van der Waals surface area (Å²) in [5.74, 6) is 0.833. The van der Waals surface area contributed by atoms with Gasteiger partial charge in [-0.3, -0.25) is 4.98 Å². The van der Waals surface area contributed by atoms with Gasteiger partial charge in [-0.1, -0.05) is 37.3 Å². The predicted molar refractivity (Wildman–Crippen MR) is 85.2 cm³/mol. The van der Waals surface area contributed by atoms with Crippen molar-refractivity contribution in [2.24, 2.45) is 0 Å². The van der Waals surface area contributed by atoms with E-state index in [4.69, 9.17) is 0 Å². The third-order valence-corrected chi connectivity index (χ3v) is 4.11. The minimum Gasteiger partial charge on any atom is -0.319 e. The first kappa shape index (κ1) is 14.7. The average molecular weight is 268 g/mol. The van der Waals surface area contributed by atoms with Crippen molar-refractivity contribution in [1.82, 2.24) is 10.3 Å². The van der Waals surface area contributed by atoms with Gasteiger partial charge < -0.3 is 5.32 Å². The van der Waals surface area contributed by atoms with E-state index in [9.17, 15) is 0 Å². The molecule has 2 aromatic rings. The summed E-state index contributed by atoms with van der Waals surface area (Å²) in [6.07, 6.45) is 1.90. The zero-order valence-corrected chi connectivity index (χ0v) is 12.9. The molecule has 2 heteroatoms. The molecule has 0 radical (unpaired) electrons. The van der Waals surface area contributed by atoms with Crippen LogP contribution in [0.25, 0.3) is 0 Å². The highest BCUT2D eigenvalue weighted by Crippen LogP contribution is 2.34. The van der Waals surface area contributed by atoms with Gasteiger partial charge in [0.2, 0.25) is 0 Å². The second-order valence-electron chi connectivity index (χ2n) is 5.51. The van der Waals surface area contributed by atoms with Crippen LogP contribution in [0.1, 0.15) is 41.1 Å². The van der Waals surface area contributed by atoms with Crippen molar-refractivity contribution in [2.45, 2.75) is 32.6 Å². The van der Waals surface area contributed by atoms with Gasteiger partial charge in [-0.2, -0.15) is 0 Å². The summed E-state index contributed by atoms with van der Waals surface area (Å²) in [5, 5.41) is 3.32. The first-order valence-electron chi connectivity index (χ1n) is 7.26. The first-order chi connectivity index (χ1) is 9.65. The molecule has 2 atom stereocenters. The maximum atomic E-state index is 4.63. The van der Waals surface area contributed by atoms with E-state index in [1.807, 2.05) is 19.3 Å². The van der Waals surface area contributed by atoms with Crippen LogP contribution in [0.5, 0.6) is 0 Å². The monoisotopic (exact) mass is 268 g/mol. The number of rotatable bonds is 5. The van der Waals surface area contributed by atoms with Crippen molar-refractivity contribution in [2.75, 3.05) is 13.6 Å². The molecule has 0 spiro atoms. The van der Waals surface area contributed by atoms with E-state index in [1.165, 1.54) is 22.4 Å². The molecule has 1 aromatic carbocycles. The Morgan fingerprint density at radius 2 is 1.75 bits per heavy atom. The van der Waals surface area contributed by atoms with Crippen LogP contribution in [0.2, 0.25) is 0 Å². The molecule has 1 aromatic heterocycles. The minimum atomic E-state index is 0.391. The molecule has 0 fully saturated rings. The molecule has 0 aliphatic rings. The Hall–Kier alpha value is -1.67. The fourth-order valence-corrected chi connectivity index (χ4v) is 2.93. The van der Waals surface area contributed by atoms with Crippen molar-refractivity contribution in [3.05, 3.63) is 65.0 Å². The van der Waals surface area contributed by atoms with Crippen LogP contribution < -0.4 is 5.32 Å². The normalized spacial score (nSPS) is 14.0. The summed E-state index contributed by atoms with van der Waals surface area (Å²) in [4.78, 5) is 4.63. The molecule has 20 heavy (non-hydrogen) atoms. The Labute approximate surface area is 122 Å². The number of nitrogens with zero attached hydrogens (tertiary/aromatic N) is 1. The quantitative estimate of drug-likeness (QED) is 0.892. The van der Waals surface area contributed by atoms with Gasteiger partial charge >= 0.3 is 0 Å². The highest BCUT2D eigenvalue weighted by Gasteiger charge is 2.23. The third kappa shape index (κ3) is 3.07. The lowest BCUT2D eigenvalue weighted by atomic mass is 9.82. The lowest BCUT2D eigenvalue weighted by Crippen LogP contribution is -2.23. The molecule has 1 unspecified atom stereocenters. The molecule has 0 aliphatic heterocycles. The van der Waals surface area contributed by atoms with Gasteiger partial charge in [-0.05, 0) is 49.6 Å². The third-order valence-electron chi connectivity index (χ3n) is 4.11. The molecule has 2 rings (SSSR count). The maximum Gasteiger partial charge on any atom is 0.0482 e. The van der Waals surface area contributed by atoms with E-state index in [2.05, 4.69) is 61.4 Å². The summed E-state index contributed by atoms with van der Waals surface area (Å²) in [6, 6.07) is 12.8. The Kier molecular flexibility index (Phi) is 4.91. The van der Waals surface area contributed by atoms with Crippen LogP contribution in [0.4, 0.5) is 0 Å². The molecule has 1 N–H and O–H groups in total. The molecule has 1 heterocycles. The van der Waals surface area contributed by atoms with E-state index in [1.54, 1.807) is 0 Å². The zero-order chi connectivity index (χ0) is 14.5. The zero-order valence-electron chi connectivity index (χ0n) is 12.9. The SMILES string of the molecule is CNCC(c1ncccc1C)[C@H](C)c1ccccc1C. The van der Waals surface area contributed by atoms with Crippen LogP contribution in [-0.4, -0.2) is 18.6 Å². The van der Waals surface area contributed by atoms with E-state index in [0.29, 0.717) is 11.8 Å². The van der Waals surface area contributed by atoms with E-state index >= 15 is 0 Å². The molecule has 0 amide bonds. The van der Waals surface area contributed by atoms with Crippen LogP contribution in [0, 0.1) is 13.8 Å². The number of aryl methyl sites for hydroxylation is 2. The number of hydrogen-bond acceptors (Lipinski definition) is 2. The van der Waals surface area contributed by atoms with Gasteiger partial charge in [0, 0.05) is 24.4 Å². The van der Waals surface area contributed by atoms with Crippen molar-refractivity contribution in [3.8, 4) is 0 Å². The number of benzene rings is 1. The van der Waals surface area contributed by atoms with Gasteiger partial charge in [0.25, 0.3) is 0 Å². The average Bonchev–Trinajstić information content (AvgIpc) is 2.46. The smallest absolute Gasteiger partial charge is 0.0482 e. The van der Waals surface area contributed by atoms with Gasteiger partial charge in [-0.15, -0.1) is 0 Å². The Morgan fingerprint density at radius 1 is 1.05 bits per heavy atom. The van der Waals surface area contributed by atoms with E-state index in [0.717, 1.165) is 6.54 Å². The van der Waals surface area contributed by atoms with E-state index in [-0.39, 0.29) is 0 Å². The Morgan fingerprint density at radius 3 is 2.40 bits per heavy atom.